The lowest BCUT2D eigenvalue weighted by Crippen LogP contribution is -2.36. The molecule has 1 N–H and O–H groups in total. The molecule has 1 fully saturated rings. The first-order valence-corrected chi connectivity index (χ1v) is 7.74. The van der Waals surface area contributed by atoms with Crippen molar-refractivity contribution < 1.29 is 9.72 Å². The summed E-state index contributed by atoms with van der Waals surface area (Å²) in [5.41, 5.74) is 0.188. The normalized spacial score (nSPS) is 14.4. The standard InChI is InChI=1S/C16H23N3O3/c1-12(2)9-10-18(13-7-8-13)11-16(20)17-14-5-3-4-6-15(14)19(21)22/h3-6,12-13H,7-11H2,1-2H3,(H,17,20). The predicted molar refractivity (Wildman–Crippen MR) is 85.8 cm³/mol. The fraction of sp³-hybridized carbons (Fsp3) is 0.562. The Bertz CT molecular complexity index is 541. The van der Waals surface area contributed by atoms with Crippen molar-refractivity contribution in [1.29, 1.82) is 0 Å². The molecule has 0 unspecified atom stereocenters. The zero-order valence-corrected chi connectivity index (χ0v) is 13.1. The highest BCUT2D eigenvalue weighted by Gasteiger charge is 2.30. The van der Waals surface area contributed by atoms with Crippen LogP contribution in [-0.4, -0.2) is 34.9 Å². The number of rotatable bonds is 8. The van der Waals surface area contributed by atoms with Crippen molar-refractivity contribution >= 4 is 17.3 Å². The fourth-order valence-electron chi connectivity index (χ4n) is 2.37. The predicted octanol–water partition coefficient (Wildman–Crippen LogP) is 3.04. The quantitative estimate of drug-likeness (QED) is 0.591. The Balaban J connectivity index is 1.95. The van der Waals surface area contributed by atoms with Gasteiger partial charge >= 0.3 is 0 Å². The van der Waals surface area contributed by atoms with E-state index in [9.17, 15) is 14.9 Å². The third-order valence-electron chi connectivity index (χ3n) is 3.78. The Morgan fingerprint density at radius 3 is 2.68 bits per heavy atom. The molecule has 22 heavy (non-hydrogen) atoms. The van der Waals surface area contributed by atoms with Crippen molar-refractivity contribution in [3.8, 4) is 0 Å². The number of para-hydroxylation sites is 2. The van der Waals surface area contributed by atoms with Crippen LogP contribution in [0.5, 0.6) is 0 Å². The van der Waals surface area contributed by atoms with Crippen molar-refractivity contribution in [2.24, 2.45) is 5.92 Å². The van der Waals surface area contributed by atoms with Gasteiger partial charge in [-0.1, -0.05) is 26.0 Å². The molecular formula is C16H23N3O3. The third-order valence-corrected chi connectivity index (χ3v) is 3.78. The first-order chi connectivity index (χ1) is 10.5. The molecule has 120 valence electrons. The van der Waals surface area contributed by atoms with Crippen molar-refractivity contribution in [2.75, 3.05) is 18.4 Å². The molecule has 0 heterocycles. The number of nitrogens with one attached hydrogen (secondary N) is 1. The van der Waals surface area contributed by atoms with Gasteiger partial charge in [-0.15, -0.1) is 0 Å². The Morgan fingerprint density at radius 1 is 1.41 bits per heavy atom. The number of amides is 1. The van der Waals surface area contributed by atoms with E-state index >= 15 is 0 Å². The summed E-state index contributed by atoms with van der Waals surface area (Å²) >= 11 is 0. The summed E-state index contributed by atoms with van der Waals surface area (Å²) in [6.07, 6.45) is 3.32. The second-order valence-corrected chi connectivity index (χ2v) is 6.21. The van der Waals surface area contributed by atoms with Gasteiger partial charge in [0.2, 0.25) is 5.91 Å². The molecule has 6 nitrogen and oxygen atoms in total. The van der Waals surface area contributed by atoms with Gasteiger partial charge in [-0.2, -0.15) is 0 Å². The Hall–Kier alpha value is -1.95. The minimum absolute atomic E-state index is 0.0731. The first-order valence-electron chi connectivity index (χ1n) is 7.74. The fourth-order valence-corrected chi connectivity index (χ4v) is 2.37. The van der Waals surface area contributed by atoms with Crippen LogP contribution in [0.2, 0.25) is 0 Å². The summed E-state index contributed by atoms with van der Waals surface area (Å²) in [5.74, 6) is 0.407. The monoisotopic (exact) mass is 305 g/mol. The molecular weight excluding hydrogens is 282 g/mol. The molecule has 0 atom stereocenters. The number of nitrogens with zero attached hydrogens (tertiary/aromatic N) is 2. The van der Waals surface area contributed by atoms with Gasteiger partial charge in [0.15, 0.2) is 0 Å². The number of anilines is 1. The highest BCUT2D eigenvalue weighted by atomic mass is 16.6. The number of hydrogen-bond acceptors (Lipinski definition) is 4. The number of carbonyl (C=O) groups excluding carboxylic acids is 1. The van der Waals surface area contributed by atoms with E-state index in [0.717, 1.165) is 25.8 Å². The molecule has 2 rings (SSSR count). The molecule has 1 saturated carbocycles. The maximum absolute atomic E-state index is 12.2. The van der Waals surface area contributed by atoms with E-state index in [0.29, 0.717) is 18.5 Å². The molecule has 6 heteroatoms. The molecule has 1 aliphatic carbocycles. The number of carbonyl (C=O) groups is 1. The zero-order chi connectivity index (χ0) is 16.1. The van der Waals surface area contributed by atoms with Gasteiger partial charge in [-0.3, -0.25) is 19.8 Å². The lowest BCUT2D eigenvalue weighted by Gasteiger charge is -2.22. The van der Waals surface area contributed by atoms with Gasteiger partial charge < -0.3 is 5.32 Å². The van der Waals surface area contributed by atoms with Crippen LogP contribution in [0, 0.1) is 16.0 Å². The van der Waals surface area contributed by atoms with Crippen molar-refractivity contribution in [1.82, 2.24) is 4.90 Å². The van der Waals surface area contributed by atoms with E-state index in [-0.39, 0.29) is 17.3 Å². The maximum atomic E-state index is 12.2. The summed E-state index contributed by atoms with van der Waals surface area (Å²) in [4.78, 5) is 24.9. The Kier molecular flexibility index (Phi) is 5.49. The van der Waals surface area contributed by atoms with Crippen LogP contribution in [0.25, 0.3) is 0 Å². The number of nitro groups is 1. The maximum Gasteiger partial charge on any atom is 0.292 e. The van der Waals surface area contributed by atoms with Crippen molar-refractivity contribution in [3.05, 3.63) is 34.4 Å². The van der Waals surface area contributed by atoms with Crippen LogP contribution in [0.15, 0.2) is 24.3 Å². The second kappa shape index (κ2) is 7.35. The largest absolute Gasteiger partial charge is 0.319 e. The summed E-state index contributed by atoms with van der Waals surface area (Å²) in [6.45, 7) is 5.52. The summed E-state index contributed by atoms with van der Waals surface area (Å²) < 4.78 is 0. The van der Waals surface area contributed by atoms with Crippen molar-refractivity contribution in [2.45, 2.75) is 39.2 Å². The van der Waals surface area contributed by atoms with E-state index in [1.54, 1.807) is 18.2 Å². The highest BCUT2D eigenvalue weighted by Crippen LogP contribution is 2.28. The zero-order valence-electron chi connectivity index (χ0n) is 13.1. The Morgan fingerprint density at radius 2 is 2.09 bits per heavy atom. The average molecular weight is 305 g/mol. The smallest absolute Gasteiger partial charge is 0.292 e. The number of benzene rings is 1. The first kappa shape index (κ1) is 16.4. The average Bonchev–Trinajstić information content (AvgIpc) is 3.28. The molecule has 0 aliphatic heterocycles. The van der Waals surface area contributed by atoms with Crippen molar-refractivity contribution in [3.63, 3.8) is 0 Å². The van der Waals surface area contributed by atoms with E-state index in [2.05, 4.69) is 24.1 Å². The molecule has 0 bridgehead atoms. The Labute approximate surface area is 130 Å². The summed E-state index contributed by atoms with van der Waals surface area (Å²) in [6, 6.07) is 6.72. The van der Waals surface area contributed by atoms with Crippen LogP contribution in [0.4, 0.5) is 11.4 Å². The van der Waals surface area contributed by atoms with Gasteiger partial charge in [0.05, 0.1) is 11.5 Å². The van der Waals surface area contributed by atoms with Crippen LogP contribution >= 0.6 is 0 Å². The highest BCUT2D eigenvalue weighted by molar-refractivity contribution is 5.94. The minimum Gasteiger partial charge on any atom is -0.319 e. The SMILES string of the molecule is CC(C)CCN(CC(=O)Nc1ccccc1[N+](=O)[O-])C1CC1. The van der Waals surface area contributed by atoms with Gasteiger partial charge in [0.25, 0.3) is 5.69 Å². The van der Waals surface area contributed by atoms with E-state index in [1.807, 2.05) is 0 Å². The molecule has 1 aromatic rings. The molecule has 0 spiro atoms. The molecule has 0 radical (unpaired) electrons. The topological polar surface area (TPSA) is 75.5 Å². The van der Waals surface area contributed by atoms with Crippen LogP contribution < -0.4 is 5.32 Å². The van der Waals surface area contributed by atoms with Crippen LogP contribution in [0.3, 0.4) is 0 Å². The van der Waals surface area contributed by atoms with Gasteiger partial charge in [0.1, 0.15) is 5.69 Å². The van der Waals surface area contributed by atoms with Crippen LogP contribution in [-0.2, 0) is 4.79 Å². The number of hydrogen-bond donors (Lipinski definition) is 1. The van der Waals surface area contributed by atoms with E-state index in [1.165, 1.54) is 6.07 Å². The molecule has 0 saturated heterocycles. The van der Waals surface area contributed by atoms with E-state index < -0.39 is 4.92 Å². The molecule has 1 amide bonds. The molecule has 0 aromatic heterocycles. The number of nitro benzene ring substituents is 1. The van der Waals surface area contributed by atoms with Gasteiger partial charge in [-0.25, -0.2) is 0 Å². The lowest BCUT2D eigenvalue weighted by molar-refractivity contribution is -0.383. The van der Waals surface area contributed by atoms with Gasteiger partial charge in [-0.05, 0) is 37.8 Å². The lowest BCUT2D eigenvalue weighted by atomic mass is 10.1. The third kappa shape index (κ3) is 4.80. The summed E-state index contributed by atoms with van der Waals surface area (Å²) in [5, 5.41) is 13.6. The van der Waals surface area contributed by atoms with Gasteiger partial charge in [0, 0.05) is 12.1 Å². The second-order valence-electron chi connectivity index (χ2n) is 6.21. The molecule has 1 aromatic carbocycles. The molecule has 1 aliphatic rings. The van der Waals surface area contributed by atoms with E-state index in [4.69, 9.17) is 0 Å². The summed E-state index contributed by atoms with van der Waals surface area (Å²) in [7, 11) is 0. The minimum atomic E-state index is -0.479. The van der Waals surface area contributed by atoms with Crippen LogP contribution in [0.1, 0.15) is 33.1 Å².